The Kier molecular flexibility index (Phi) is 4.06. The Hall–Kier alpha value is -1.60. The van der Waals surface area contributed by atoms with E-state index in [1.165, 1.54) is 4.90 Å². The minimum Gasteiger partial charge on any atom is -0.373 e. The first-order valence-corrected chi connectivity index (χ1v) is 5.78. The zero-order valence-corrected chi connectivity index (χ0v) is 10.0. The van der Waals surface area contributed by atoms with Crippen LogP contribution in [0.1, 0.15) is 10.4 Å². The van der Waals surface area contributed by atoms with E-state index in [1.807, 2.05) is 0 Å². The Bertz CT molecular complexity index is 473. The molecule has 1 aromatic rings. The summed E-state index contributed by atoms with van der Waals surface area (Å²) in [5, 5.41) is 0. The molecule has 0 aromatic heterocycles. The first-order chi connectivity index (χ1) is 9.02. The van der Waals surface area contributed by atoms with Crippen LogP contribution in [0, 0.1) is 17.5 Å². The van der Waals surface area contributed by atoms with Gasteiger partial charge in [0.2, 0.25) is 0 Å². The summed E-state index contributed by atoms with van der Waals surface area (Å²) >= 11 is 0. The van der Waals surface area contributed by atoms with E-state index in [2.05, 4.69) is 0 Å². The van der Waals surface area contributed by atoms with Crippen molar-refractivity contribution in [3.8, 4) is 0 Å². The van der Waals surface area contributed by atoms with Crippen LogP contribution in [-0.2, 0) is 4.74 Å². The second-order valence-electron chi connectivity index (χ2n) is 4.22. The van der Waals surface area contributed by atoms with Crippen molar-refractivity contribution in [2.45, 2.75) is 6.10 Å². The molecule has 4 nitrogen and oxygen atoms in total. The third-order valence-corrected chi connectivity index (χ3v) is 2.91. The highest BCUT2D eigenvalue weighted by Crippen LogP contribution is 2.18. The molecule has 19 heavy (non-hydrogen) atoms. The van der Waals surface area contributed by atoms with Gasteiger partial charge < -0.3 is 15.4 Å². The number of halogens is 3. The summed E-state index contributed by atoms with van der Waals surface area (Å²) in [5.41, 5.74) is 4.67. The quantitative estimate of drug-likeness (QED) is 0.872. The zero-order chi connectivity index (χ0) is 14.0. The van der Waals surface area contributed by atoms with Gasteiger partial charge in [0, 0.05) is 31.8 Å². The first kappa shape index (κ1) is 13.8. The van der Waals surface area contributed by atoms with E-state index in [0.717, 1.165) is 0 Å². The molecule has 1 heterocycles. The molecule has 0 radical (unpaired) electrons. The summed E-state index contributed by atoms with van der Waals surface area (Å²) in [7, 11) is 0. The lowest BCUT2D eigenvalue weighted by molar-refractivity contribution is -0.0170. The van der Waals surface area contributed by atoms with Crippen molar-refractivity contribution in [3.63, 3.8) is 0 Å². The standard InChI is InChI=1S/C12H13F3N2O2/c13-7-3-9(14)11(10(15)4-7)12(18)17-1-2-19-8(5-16)6-17/h3-4,8H,1-2,5-6,16H2. The number of rotatable bonds is 2. The van der Waals surface area contributed by atoms with E-state index in [9.17, 15) is 18.0 Å². The highest BCUT2D eigenvalue weighted by molar-refractivity contribution is 5.94. The molecular formula is C12H13F3N2O2. The SMILES string of the molecule is NCC1CN(C(=O)c2c(F)cc(F)cc2F)CCO1. The zero-order valence-electron chi connectivity index (χ0n) is 10.0. The summed E-state index contributed by atoms with van der Waals surface area (Å²) in [6, 6.07) is 0.967. The molecule has 104 valence electrons. The van der Waals surface area contributed by atoms with Gasteiger partial charge in [-0.15, -0.1) is 0 Å². The highest BCUT2D eigenvalue weighted by Gasteiger charge is 2.28. The molecule has 1 fully saturated rings. The predicted molar refractivity (Wildman–Crippen MR) is 61.0 cm³/mol. The Morgan fingerprint density at radius 1 is 1.37 bits per heavy atom. The van der Waals surface area contributed by atoms with Crippen LogP contribution in [-0.4, -0.2) is 43.2 Å². The molecule has 0 spiro atoms. The lowest BCUT2D eigenvalue weighted by Gasteiger charge is -2.32. The van der Waals surface area contributed by atoms with Crippen LogP contribution in [0.15, 0.2) is 12.1 Å². The molecule has 0 saturated carbocycles. The van der Waals surface area contributed by atoms with E-state index in [-0.39, 0.29) is 32.3 Å². The molecule has 1 unspecified atom stereocenters. The van der Waals surface area contributed by atoms with Gasteiger partial charge in [-0.1, -0.05) is 0 Å². The minimum atomic E-state index is -1.21. The molecule has 1 saturated heterocycles. The van der Waals surface area contributed by atoms with E-state index in [0.29, 0.717) is 12.1 Å². The fourth-order valence-electron chi connectivity index (χ4n) is 1.95. The monoisotopic (exact) mass is 274 g/mol. The summed E-state index contributed by atoms with van der Waals surface area (Å²) in [6.07, 6.45) is -0.357. The molecule has 1 amide bonds. The maximum absolute atomic E-state index is 13.5. The van der Waals surface area contributed by atoms with Gasteiger partial charge in [-0.3, -0.25) is 4.79 Å². The third kappa shape index (κ3) is 2.87. The van der Waals surface area contributed by atoms with Crippen molar-refractivity contribution < 1.29 is 22.7 Å². The Labute approximate surface area is 107 Å². The molecule has 7 heteroatoms. The number of benzene rings is 1. The normalized spacial score (nSPS) is 19.6. The number of carbonyl (C=O) groups is 1. The van der Waals surface area contributed by atoms with E-state index < -0.39 is 28.9 Å². The van der Waals surface area contributed by atoms with Gasteiger partial charge in [0.05, 0.1) is 12.7 Å². The fraction of sp³-hybridized carbons (Fsp3) is 0.417. The number of morpholine rings is 1. The van der Waals surface area contributed by atoms with Crippen molar-refractivity contribution in [1.29, 1.82) is 0 Å². The summed E-state index contributed by atoms with van der Waals surface area (Å²) in [5.74, 6) is -4.30. The van der Waals surface area contributed by atoms with Gasteiger partial charge in [-0.05, 0) is 0 Å². The van der Waals surface area contributed by atoms with E-state index in [4.69, 9.17) is 10.5 Å². The highest BCUT2D eigenvalue weighted by atomic mass is 19.1. The predicted octanol–water partition coefficient (Wildman–Crippen LogP) is 0.904. The lowest BCUT2D eigenvalue weighted by Crippen LogP contribution is -2.48. The smallest absolute Gasteiger partial charge is 0.260 e. The topological polar surface area (TPSA) is 55.6 Å². The Balaban J connectivity index is 2.24. The van der Waals surface area contributed by atoms with Gasteiger partial charge in [0.15, 0.2) is 0 Å². The van der Waals surface area contributed by atoms with Crippen molar-refractivity contribution in [2.24, 2.45) is 5.73 Å². The molecule has 2 N–H and O–H groups in total. The first-order valence-electron chi connectivity index (χ1n) is 5.78. The third-order valence-electron chi connectivity index (χ3n) is 2.91. The lowest BCUT2D eigenvalue weighted by atomic mass is 10.1. The van der Waals surface area contributed by atoms with Crippen LogP contribution in [0.4, 0.5) is 13.2 Å². The van der Waals surface area contributed by atoms with Gasteiger partial charge in [-0.25, -0.2) is 13.2 Å². The second-order valence-corrected chi connectivity index (χ2v) is 4.22. The maximum Gasteiger partial charge on any atom is 0.260 e. The summed E-state index contributed by atoms with van der Waals surface area (Å²) in [4.78, 5) is 13.3. The number of nitrogens with zero attached hydrogens (tertiary/aromatic N) is 1. The molecule has 0 aliphatic carbocycles. The second kappa shape index (κ2) is 5.58. The van der Waals surface area contributed by atoms with Crippen LogP contribution in [0.25, 0.3) is 0 Å². The molecule has 1 aliphatic heterocycles. The minimum absolute atomic E-state index is 0.158. The maximum atomic E-state index is 13.5. The average molecular weight is 274 g/mol. The van der Waals surface area contributed by atoms with Gasteiger partial charge in [0.1, 0.15) is 23.0 Å². The van der Waals surface area contributed by atoms with Crippen molar-refractivity contribution in [1.82, 2.24) is 4.90 Å². The largest absolute Gasteiger partial charge is 0.373 e. The van der Waals surface area contributed by atoms with E-state index in [1.54, 1.807) is 0 Å². The molecule has 1 aromatic carbocycles. The van der Waals surface area contributed by atoms with Gasteiger partial charge in [-0.2, -0.15) is 0 Å². The van der Waals surface area contributed by atoms with Gasteiger partial charge >= 0.3 is 0 Å². The molecule has 2 rings (SSSR count). The van der Waals surface area contributed by atoms with Crippen molar-refractivity contribution in [2.75, 3.05) is 26.2 Å². The molecule has 1 atom stereocenters. The van der Waals surface area contributed by atoms with Crippen LogP contribution in [0.3, 0.4) is 0 Å². The Morgan fingerprint density at radius 3 is 2.58 bits per heavy atom. The van der Waals surface area contributed by atoms with Crippen molar-refractivity contribution >= 4 is 5.91 Å². The summed E-state index contributed by atoms with van der Waals surface area (Å²) < 4.78 is 45.1. The number of carbonyl (C=O) groups excluding carboxylic acids is 1. The van der Waals surface area contributed by atoms with Crippen LogP contribution in [0.2, 0.25) is 0 Å². The average Bonchev–Trinajstić information content (AvgIpc) is 2.37. The van der Waals surface area contributed by atoms with Crippen molar-refractivity contribution in [3.05, 3.63) is 35.1 Å². The van der Waals surface area contributed by atoms with Crippen LogP contribution in [0.5, 0.6) is 0 Å². The summed E-state index contributed by atoms with van der Waals surface area (Å²) in [6.45, 7) is 0.827. The number of hydrogen-bond donors (Lipinski definition) is 1. The number of nitrogens with two attached hydrogens (primary N) is 1. The number of hydrogen-bond acceptors (Lipinski definition) is 3. The molecule has 1 aliphatic rings. The number of ether oxygens (including phenoxy) is 1. The van der Waals surface area contributed by atoms with E-state index >= 15 is 0 Å². The number of amides is 1. The Morgan fingerprint density at radius 2 is 2.00 bits per heavy atom. The van der Waals surface area contributed by atoms with Gasteiger partial charge in [0.25, 0.3) is 5.91 Å². The fourth-order valence-corrected chi connectivity index (χ4v) is 1.95. The molecular weight excluding hydrogens is 261 g/mol. The van der Waals surface area contributed by atoms with Crippen LogP contribution < -0.4 is 5.73 Å². The molecule has 0 bridgehead atoms. The van der Waals surface area contributed by atoms with Crippen LogP contribution >= 0.6 is 0 Å².